The molecule has 1 rings (SSSR count). The molecule has 124 valence electrons. The van der Waals surface area contributed by atoms with Crippen molar-refractivity contribution in [2.75, 3.05) is 13.2 Å². The number of carbonyl (C=O) groups is 1. The molecule has 1 atom stereocenters. The Labute approximate surface area is 131 Å². The van der Waals surface area contributed by atoms with Crippen molar-refractivity contribution in [1.29, 1.82) is 0 Å². The molecule has 0 unspecified atom stereocenters. The van der Waals surface area contributed by atoms with Crippen LogP contribution in [0.4, 0.5) is 0 Å². The Morgan fingerprint density at radius 3 is 2.41 bits per heavy atom. The van der Waals surface area contributed by atoms with E-state index >= 15 is 0 Å². The maximum absolute atomic E-state index is 12.2. The Kier molecular flexibility index (Phi) is 7.34. The molecule has 1 aromatic rings. The number of sulfonamides is 1. The van der Waals surface area contributed by atoms with Crippen LogP contribution in [0.5, 0.6) is 5.75 Å². The molecule has 6 nitrogen and oxygen atoms in total. The standard InChI is InChI=1S/C15H23NO5S/c1-4-6-12(3)16-22(18,19)14-9-7-13(8-10-14)21-11-15(17)20-5-2/h7-10,12,16H,4-6,11H2,1-3H3/t12-/m0/s1. The summed E-state index contributed by atoms with van der Waals surface area (Å²) in [5.41, 5.74) is 0. The van der Waals surface area contributed by atoms with Crippen LogP contribution in [0.15, 0.2) is 29.2 Å². The monoisotopic (exact) mass is 329 g/mol. The molecule has 0 amide bonds. The number of benzene rings is 1. The van der Waals surface area contributed by atoms with Crippen LogP contribution in [0.1, 0.15) is 33.6 Å². The molecule has 0 bridgehead atoms. The van der Waals surface area contributed by atoms with Gasteiger partial charge in [-0.15, -0.1) is 0 Å². The van der Waals surface area contributed by atoms with E-state index in [0.29, 0.717) is 12.4 Å². The third-order valence-electron chi connectivity index (χ3n) is 2.87. The second-order valence-corrected chi connectivity index (χ2v) is 6.59. The SMILES string of the molecule is CCC[C@H](C)NS(=O)(=O)c1ccc(OCC(=O)OCC)cc1. The summed E-state index contributed by atoms with van der Waals surface area (Å²) in [4.78, 5) is 11.3. The molecule has 0 aliphatic rings. The van der Waals surface area contributed by atoms with Gasteiger partial charge in [-0.05, 0) is 44.5 Å². The van der Waals surface area contributed by atoms with Crippen molar-refractivity contribution in [1.82, 2.24) is 4.72 Å². The van der Waals surface area contributed by atoms with Crippen molar-refractivity contribution in [2.24, 2.45) is 0 Å². The van der Waals surface area contributed by atoms with Gasteiger partial charge in [0.15, 0.2) is 6.61 Å². The second kappa shape index (κ2) is 8.75. The fourth-order valence-electron chi connectivity index (χ4n) is 1.88. The predicted molar refractivity (Wildman–Crippen MR) is 83.3 cm³/mol. The molecule has 0 saturated carbocycles. The van der Waals surface area contributed by atoms with Crippen molar-refractivity contribution in [3.8, 4) is 5.75 Å². The van der Waals surface area contributed by atoms with Crippen LogP contribution in [0, 0.1) is 0 Å². The van der Waals surface area contributed by atoms with Crippen molar-refractivity contribution >= 4 is 16.0 Å². The lowest BCUT2D eigenvalue weighted by molar-refractivity contribution is -0.145. The molecular weight excluding hydrogens is 306 g/mol. The van der Waals surface area contributed by atoms with Gasteiger partial charge in [0.1, 0.15) is 5.75 Å². The van der Waals surface area contributed by atoms with Crippen molar-refractivity contribution < 1.29 is 22.7 Å². The highest BCUT2D eigenvalue weighted by Gasteiger charge is 2.16. The van der Waals surface area contributed by atoms with E-state index in [1.54, 1.807) is 6.92 Å². The van der Waals surface area contributed by atoms with E-state index in [1.165, 1.54) is 24.3 Å². The first-order chi connectivity index (χ1) is 10.4. The minimum absolute atomic E-state index is 0.116. The van der Waals surface area contributed by atoms with Gasteiger partial charge in [0.05, 0.1) is 11.5 Å². The van der Waals surface area contributed by atoms with Gasteiger partial charge in [-0.3, -0.25) is 0 Å². The molecule has 0 spiro atoms. The Hall–Kier alpha value is -1.60. The normalized spacial score (nSPS) is 12.7. The summed E-state index contributed by atoms with van der Waals surface area (Å²) >= 11 is 0. The minimum atomic E-state index is -3.54. The molecule has 1 N–H and O–H groups in total. The summed E-state index contributed by atoms with van der Waals surface area (Å²) in [5, 5.41) is 0. The lowest BCUT2D eigenvalue weighted by atomic mass is 10.2. The van der Waals surface area contributed by atoms with Crippen molar-refractivity contribution in [3.05, 3.63) is 24.3 Å². The molecular formula is C15H23NO5S. The van der Waals surface area contributed by atoms with Crippen LogP contribution in [-0.4, -0.2) is 33.6 Å². The smallest absolute Gasteiger partial charge is 0.344 e. The largest absolute Gasteiger partial charge is 0.482 e. The number of ether oxygens (including phenoxy) is 2. The van der Waals surface area contributed by atoms with Gasteiger partial charge in [0.2, 0.25) is 10.0 Å². The van der Waals surface area contributed by atoms with Gasteiger partial charge in [0, 0.05) is 6.04 Å². The first kappa shape index (κ1) is 18.4. The highest BCUT2D eigenvalue weighted by molar-refractivity contribution is 7.89. The third-order valence-corrected chi connectivity index (χ3v) is 4.48. The zero-order valence-electron chi connectivity index (χ0n) is 13.2. The first-order valence-electron chi connectivity index (χ1n) is 7.29. The Morgan fingerprint density at radius 1 is 1.23 bits per heavy atom. The number of esters is 1. The molecule has 7 heteroatoms. The number of carbonyl (C=O) groups excluding carboxylic acids is 1. The number of hydrogen-bond donors (Lipinski definition) is 1. The summed E-state index contributed by atoms with van der Waals surface area (Å²) in [6.07, 6.45) is 1.68. The molecule has 1 aromatic carbocycles. The molecule has 0 aliphatic carbocycles. The Morgan fingerprint density at radius 2 is 1.86 bits per heavy atom. The van der Waals surface area contributed by atoms with Gasteiger partial charge in [0.25, 0.3) is 0 Å². The van der Waals surface area contributed by atoms with Crippen LogP contribution in [-0.2, 0) is 19.6 Å². The van der Waals surface area contributed by atoms with Crippen molar-refractivity contribution in [3.63, 3.8) is 0 Å². The highest BCUT2D eigenvalue weighted by Crippen LogP contribution is 2.16. The Bertz CT molecular complexity index is 568. The van der Waals surface area contributed by atoms with Crippen LogP contribution in [0.2, 0.25) is 0 Å². The fraction of sp³-hybridized carbons (Fsp3) is 0.533. The number of nitrogens with one attached hydrogen (secondary N) is 1. The summed E-state index contributed by atoms with van der Waals surface area (Å²) in [6.45, 7) is 5.63. The lowest BCUT2D eigenvalue weighted by Gasteiger charge is -2.13. The van der Waals surface area contributed by atoms with Crippen LogP contribution in [0.3, 0.4) is 0 Å². The molecule has 0 aliphatic heterocycles. The van der Waals surface area contributed by atoms with E-state index in [0.717, 1.165) is 12.8 Å². The zero-order valence-corrected chi connectivity index (χ0v) is 14.0. The van der Waals surface area contributed by atoms with Crippen LogP contribution < -0.4 is 9.46 Å². The van der Waals surface area contributed by atoms with Gasteiger partial charge < -0.3 is 9.47 Å². The average Bonchev–Trinajstić information content (AvgIpc) is 2.45. The second-order valence-electron chi connectivity index (χ2n) is 4.88. The molecule has 22 heavy (non-hydrogen) atoms. The Balaban J connectivity index is 2.65. The maximum atomic E-state index is 12.2. The third kappa shape index (κ3) is 6.03. The predicted octanol–water partition coefficient (Wildman–Crippen LogP) is 2.10. The summed E-state index contributed by atoms with van der Waals surface area (Å²) in [6, 6.07) is 5.80. The summed E-state index contributed by atoms with van der Waals surface area (Å²) in [5.74, 6) is -0.0529. The topological polar surface area (TPSA) is 81.7 Å². The number of rotatable bonds is 9. The minimum Gasteiger partial charge on any atom is -0.482 e. The van der Waals surface area contributed by atoms with Gasteiger partial charge in [-0.2, -0.15) is 0 Å². The van der Waals surface area contributed by atoms with E-state index in [1.807, 2.05) is 13.8 Å². The highest BCUT2D eigenvalue weighted by atomic mass is 32.2. The molecule has 0 saturated heterocycles. The molecule has 0 aromatic heterocycles. The lowest BCUT2D eigenvalue weighted by Crippen LogP contribution is -2.32. The van der Waals surface area contributed by atoms with Gasteiger partial charge >= 0.3 is 5.97 Å². The summed E-state index contributed by atoms with van der Waals surface area (Å²) < 4.78 is 36.9. The number of hydrogen-bond acceptors (Lipinski definition) is 5. The van der Waals surface area contributed by atoms with E-state index < -0.39 is 16.0 Å². The maximum Gasteiger partial charge on any atom is 0.344 e. The fourth-order valence-corrected chi connectivity index (χ4v) is 3.16. The zero-order chi connectivity index (χ0) is 16.6. The summed E-state index contributed by atoms with van der Waals surface area (Å²) in [7, 11) is -3.54. The first-order valence-corrected chi connectivity index (χ1v) is 8.78. The van der Waals surface area contributed by atoms with E-state index in [2.05, 4.69) is 4.72 Å². The van der Waals surface area contributed by atoms with E-state index in [-0.39, 0.29) is 17.5 Å². The van der Waals surface area contributed by atoms with Crippen molar-refractivity contribution in [2.45, 2.75) is 44.6 Å². The van der Waals surface area contributed by atoms with Crippen LogP contribution in [0.25, 0.3) is 0 Å². The average molecular weight is 329 g/mol. The van der Waals surface area contributed by atoms with Gasteiger partial charge in [-0.25, -0.2) is 17.9 Å². The van der Waals surface area contributed by atoms with Crippen LogP contribution >= 0.6 is 0 Å². The molecule has 0 heterocycles. The van der Waals surface area contributed by atoms with E-state index in [9.17, 15) is 13.2 Å². The molecule has 0 radical (unpaired) electrons. The molecule has 0 fully saturated rings. The van der Waals surface area contributed by atoms with Gasteiger partial charge in [-0.1, -0.05) is 13.3 Å². The quantitative estimate of drug-likeness (QED) is 0.702. The van der Waals surface area contributed by atoms with E-state index in [4.69, 9.17) is 9.47 Å².